The third-order valence-electron chi connectivity index (χ3n) is 5.24. The first-order valence-corrected chi connectivity index (χ1v) is 12.3. The van der Waals surface area contributed by atoms with E-state index < -0.39 is 30.5 Å². The fraction of sp³-hybridized carbons (Fsp3) is 0.207. The van der Waals surface area contributed by atoms with E-state index in [4.69, 9.17) is 30.4 Å². The van der Waals surface area contributed by atoms with E-state index in [1.165, 1.54) is 66.7 Å². The lowest BCUT2D eigenvalue weighted by Gasteiger charge is -2.09. The highest BCUT2D eigenvalue weighted by Crippen LogP contribution is 2.22. The number of anilines is 2. The van der Waals surface area contributed by atoms with Gasteiger partial charge in [-0.25, -0.2) is 14.4 Å². The fourth-order valence-corrected chi connectivity index (χ4v) is 3.33. The molecule has 0 fully saturated rings. The van der Waals surface area contributed by atoms with Crippen LogP contribution in [-0.4, -0.2) is 43.9 Å². The number of carbonyl (C=O) groups is 3. The van der Waals surface area contributed by atoms with E-state index in [2.05, 4.69) is 0 Å². The van der Waals surface area contributed by atoms with E-state index in [-0.39, 0.29) is 43.1 Å². The lowest BCUT2D eigenvalue weighted by atomic mass is 10.2. The molecule has 3 aromatic carbocycles. The fourth-order valence-electron chi connectivity index (χ4n) is 3.33. The molecule has 0 unspecified atom stereocenters. The lowest BCUT2D eigenvalue weighted by molar-refractivity contribution is -0.139. The van der Waals surface area contributed by atoms with Gasteiger partial charge in [-0.2, -0.15) is 13.2 Å². The largest absolute Gasteiger partial charge is 0.494 e. The minimum Gasteiger partial charge on any atom is -0.494 e. The molecule has 0 saturated heterocycles. The molecule has 3 aromatic rings. The maximum Gasteiger partial charge on any atom is 0.389 e. The van der Waals surface area contributed by atoms with Crippen LogP contribution in [-0.2, 0) is 14.3 Å². The summed E-state index contributed by atoms with van der Waals surface area (Å²) >= 11 is 0. The number of ether oxygens (including phenoxy) is 4. The third kappa shape index (κ3) is 10.9. The molecule has 3 rings (SSSR count). The number of hydrogen-bond donors (Lipinski definition) is 2. The van der Waals surface area contributed by atoms with Gasteiger partial charge in [0.25, 0.3) is 0 Å². The molecule has 0 aliphatic heterocycles. The number of hydrogen-bond acceptors (Lipinski definition) is 9. The van der Waals surface area contributed by atoms with Crippen molar-refractivity contribution in [3.05, 3.63) is 89.5 Å². The van der Waals surface area contributed by atoms with Crippen LogP contribution in [0.2, 0.25) is 0 Å². The summed E-state index contributed by atoms with van der Waals surface area (Å²) in [5, 5.41) is 0. The summed E-state index contributed by atoms with van der Waals surface area (Å²) in [4.78, 5) is 36.3. The number of halogens is 3. The lowest BCUT2D eigenvalue weighted by Crippen LogP contribution is -2.13. The Labute approximate surface area is 233 Å². The van der Waals surface area contributed by atoms with Crippen molar-refractivity contribution in [1.82, 2.24) is 0 Å². The number of rotatable bonds is 12. The topological polar surface area (TPSA) is 140 Å². The van der Waals surface area contributed by atoms with Gasteiger partial charge in [0.1, 0.15) is 24.7 Å². The molecule has 0 bridgehead atoms. The maximum absolute atomic E-state index is 12.4. The Hall–Kier alpha value is -5.00. The van der Waals surface area contributed by atoms with E-state index in [1.807, 2.05) is 0 Å². The molecule has 0 saturated carbocycles. The second kappa shape index (κ2) is 14.4. The molecule has 0 radical (unpaired) electrons. The summed E-state index contributed by atoms with van der Waals surface area (Å²) in [5.41, 5.74) is 13.0. The number of nitrogens with two attached hydrogens (primary N) is 2. The van der Waals surface area contributed by atoms with Crippen LogP contribution in [0.1, 0.15) is 39.1 Å². The Kier molecular flexibility index (Phi) is 10.7. The predicted octanol–water partition coefficient (Wildman–Crippen LogP) is 5.20. The molecule has 0 spiro atoms. The first kappa shape index (κ1) is 30.5. The van der Waals surface area contributed by atoms with E-state index in [0.717, 1.165) is 0 Å². The number of esters is 3. The number of nitrogen functional groups attached to an aromatic ring is 2. The van der Waals surface area contributed by atoms with Gasteiger partial charge in [-0.15, -0.1) is 0 Å². The second-order valence-corrected chi connectivity index (χ2v) is 8.58. The van der Waals surface area contributed by atoms with Crippen LogP contribution in [0.25, 0.3) is 6.08 Å². The van der Waals surface area contributed by atoms with Gasteiger partial charge in [0.15, 0.2) is 0 Å². The van der Waals surface area contributed by atoms with Crippen LogP contribution in [0.5, 0.6) is 11.5 Å². The Morgan fingerprint density at radius 1 is 0.732 bits per heavy atom. The molecule has 4 N–H and O–H groups in total. The molecule has 0 heterocycles. The summed E-state index contributed by atoms with van der Waals surface area (Å²) < 4.78 is 57.1. The van der Waals surface area contributed by atoms with Gasteiger partial charge >= 0.3 is 24.1 Å². The molecular weight excluding hydrogens is 545 g/mol. The molecule has 9 nitrogen and oxygen atoms in total. The monoisotopic (exact) mass is 572 g/mol. The zero-order valence-corrected chi connectivity index (χ0v) is 21.7. The second-order valence-electron chi connectivity index (χ2n) is 8.58. The molecule has 0 aromatic heterocycles. The molecular formula is C29H27F3N2O7. The number of alkyl halides is 3. The van der Waals surface area contributed by atoms with Crippen LogP contribution < -0.4 is 20.9 Å². The van der Waals surface area contributed by atoms with Crippen LogP contribution in [0, 0.1) is 0 Å². The molecule has 0 aliphatic rings. The maximum atomic E-state index is 12.4. The summed E-state index contributed by atoms with van der Waals surface area (Å²) in [6.07, 6.45) is -2.65. The quantitative estimate of drug-likeness (QED) is 0.0985. The Balaban J connectivity index is 1.38. The van der Waals surface area contributed by atoms with Crippen molar-refractivity contribution in [1.29, 1.82) is 0 Å². The highest BCUT2D eigenvalue weighted by molar-refractivity contribution is 5.92. The predicted molar refractivity (Wildman–Crippen MR) is 144 cm³/mol. The van der Waals surface area contributed by atoms with E-state index in [0.29, 0.717) is 22.7 Å². The minimum absolute atomic E-state index is 0.0987. The first-order chi connectivity index (χ1) is 19.5. The molecule has 0 aliphatic carbocycles. The summed E-state index contributed by atoms with van der Waals surface area (Å²) in [6, 6.07) is 16.5. The SMILES string of the molecule is Nc1cc(N)cc(C(=O)OCCOC(=O)C=Cc2ccc(OC(=O)c3ccc(OCCCC(F)(F)F)cc3)cc2)c1. The highest BCUT2D eigenvalue weighted by Gasteiger charge is 2.26. The Morgan fingerprint density at radius 2 is 1.34 bits per heavy atom. The van der Waals surface area contributed by atoms with E-state index in [1.54, 1.807) is 12.1 Å². The van der Waals surface area contributed by atoms with Crippen LogP contribution in [0.4, 0.5) is 24.5 Å². The zero-order chi connectivity index (χ0) is 29.8. The van der Waals surface area contributed by atoms with Crippen molar-refractivity contribution in [2.75, 3.05) is 31.3 Å². The normalized spacial score (nSPS) is 11.2. The molecule has 0 atom stereocenters. The molecule has 12 heteroatoms. The van der Waals surface area contributed by atoms with Gasteiger partial charge in [-0.3, -0.25) is 0 Å². The van der Waals surface area contributed by atoms with Crippen LogP contribution >= 0.6 is 0 Å². The van der Waals surface area contributed by atoms with Crippen molar-refractivity contribution >= 4 is 35.4 Å². The van der Waals surface area contributed by atoms with Crippen molar-refractivity contribution in [3.8, 4) is 11.5 Å². The Morgan fingerprint density at radius 3 is 1.98 bits per heavy atom. The van der Waals surface area contributed by atoms with Gasteiger partial charge in [0, 0.05) is 23.9 Å². The first-order valence-electron chi connectivity index (χ1n) is 12.3. The molecule has 41 heavy (non-hydrogen) atoms. The summed E-state index contributed by atoms with van der Waals surface area (Å²) in [5.74, 6) is -1.35. The Bertz CT molecular complexity index is 1350. The summed E-state index contributed by atoms with van der Waals surface area (Å²) in [6.45, 7) is -0.420. The molecule has 216 valence electrons. The summed E-state index contributed by atoms with van der Waals surface area (Å²) in [7, 11) is 0. The van der Waals surface area contributed by atoms with Crippen LogP contribution in [0.3, 0.4) is 0 Å². The van der Waals surface area contributed by atoms with Gasteiger partial charge in [-0.1, -0.05) is 12.1 Å². The smallest absolute Gasteiger partial charge is 0.389 e. The highest BCUT2D eigenvalue weighted by atomic mass is 19.4. The average Bonchev–Trinajstić information content (AvgIpc) is 2.92. The van der Waals surface area contributed by atoms with Crippen molar-refractivity contribution in [3.63, 3.8) is 0 Å². The van der Waals surface area contributed by atoms with Crippen molar-refractivity contribution in [2.24, 2.45) is 0 Å². The van der Waals surface area contributed by atoms with Crippen molar-refractivity contribution in [2.45, 2.75) is 19.0 Å². The number of carbonyl (C=O) groups excluding carboxylic acids is 3. The van der Waals surface area contributed by atoms with E-state index >= 15 is 0 Å². The van der Waals surface area contributed by atoms with Crippen LogP contribution in [0.15, 0.2) is 72.8 Å². The third-order valence-corrected chi connectivity index (χ3v) is 5.24. The van der Waals surface area contributed by atoms with Crippen molar-refractivity contribution < 1.29 is 46.5 Å². The zero-order valence-electron chi connectivity index (χ0n) is 21.7. The average molecular weight is 573 g/mol. The van der Waals surface area contributed by atoms with Gasteiger partial charge in [0.05, 0.1) is 17.7 Å². The van der Waals surface area contributed by atoms with Gasteiger partial charge in [0.2, 0.25) is 0 Å². The van der Waals surface area contributed by atoms with Gasteiger partial charge in [-0.05, 0) is 72.7 Å². The van der Waals surface area contributed by atoms with E-state index in [9.17, 15) is 27.6 Å². The number of benzene rings is 3. The minimum atomic E-state index is -4.23. The standard InChI is InChI=1S/C29H27F3N2O7/c30-29(31,32)12-1-13-38-24-9-5-20(6-10-24)28(37)41-25-7-2-19(3-8-25)4-11-26(35)39-14-15-40-27(36)21-16-22(33)18-23(34)17-21/h2-11,16-18H,1,12-15,33-34H2. The van der Waals surface area contributed by atoms with Gasteiger partial charge < -0.3 is 30.4 Å². The molecule has 0 amide bonds.